The Bertz CT molecular complexity index is 486. The van der Waals surface area contributed by atoms with Crippen molar-refractivity contribution in [2.45, 2.75) is 92.3 Å². The molecular formula is C25H68N6O3. The molecule has 0 radical (unpaired) electrons. The van der Waals surface area contributed by atoms with E-state index in [2.05, 4.69) is 80.4 Å². The molecule has 0 aromatic carbocycles. The lowest BCUT2D eigenvalue weighted by Gasteiger charge is -2.10. The van der Waals surface area contributed by atoms with Crippen molar-refractivity contribution in [2.75, 3.05) is 59.0 Å². The van der Waals surface area contributed by atoms with Gasteiger partial charge in [0.05, 0.1) is 13.2 Å². The van der Waals surface area contributed by atoms with Crippen LogP contribution >= 0.6 is 0 Å². The Labute approximate surface area is 218 Å². The third kappa shape index (κ3) is 32.9. The molecule has 9 heteroatoms. The number of rotatable bonds is 21. The minimum absolute atomic E-state index is 0. The van der Waals surface area contributed by atoms with E-state index in [1.54, 1.807) is 0 Å². The predicted octanol–water partition coefficient (Wildman–Crippen LogP) is 2.86. The van der Waals surface area contributed by atoms with Crippen LogP contribution in [0.1, 0.15) is 82.7 Å². The smallest absolute Gasteiger partial charge is 0.222 e. The molecular weight excluding hydrogens is 432 g/mol. The molecule has 0 spiro atoms. The molecule has 0 aromatic heterocycles. The number of likely N-dealkylation sites (N-methyl/N-ethyl adjacent to an activating group) is 1. The van der Waals surface area contributed by atoms with Crippen molar-refractivity contribution < 1.29 is 22.9 Å². The van der Waals surface area contributed by atoms with E-state index in [4.69, 9.17) is 4.74 Å². The quantitative estimate of drug-likeness (QED) is 0.134. The summed E-state index contributed by atoms with van der Waals surface area (Å²) in [7, 11) is 0. The van der Waals surface area contributed by atoms with Crippen LogP contribution in [0.2, 0.25) is 0 Å². The Morgan fingerprint density at radius 3 is 1.59 bits per heavy atom. The number of ether oxygens (including phenoxy) is 1. The molecule has 9 nitrogen and oxygen atoms in total. The lowest BCUT2D eigenvalue weighted by atomic mass is 10.3. The molecule has 0 unspecified atom stereocenters. The van der Waals surface area contributed by atoms with Gasteiger partial charge in [-0.25, -0.2) is 0 Å². The lowest BCUT2D eigenvalue weighted by Crippen LogP contribution is -2.32. The van der Waals surface area contributed by atoms with E-state index in [9.17, 15) is 9.59 Å². The van der Waals surface area contributed by atoms with Gasteiger partial charge in [-0.3, -0.25) is 9.59 Å². The highest BCUT2D eigenvalue weighted by Gasteiger charge is 2.01. The third-order valence-electron chi connectivity index (χ3n) is 4.51. The summed E-state index contributed by atoms with van der Waals surface area (Å²) in [6.45, 7) is 21.8. The number of carbonyl (C=O) groups excluding carboxylic acids is 2. The van der Waals surface area contributed by atoms with Gasteiger partial charge in [0.1, 0.15) is 0 Å². The van der Waals surface area contributed by atoms with Crippen molar-refractivity contribution in [3.8, 4) is 0 Å². The number of nitrogens with one attached hydrogen (secondary N) is 6. The summed E-state index contributed by atoms with van der Waals surface area (Å²) in [4.78, 5) is 22.8. The van der Waals surface area contributed by atoms with E-state index in [1.807, 2.05) is 0 Å². The molecule has 0 aliphatic rings. The van der Waals surface area contributed by atoms with Crippen LogP contribution in [0.4, 0.5) is 0 Å². The number of amides is 2. The first kappa shape index (κ1) is 34.9. The molecule has 0 bridgehead atoms. The first-order valence-electron chi connectivity index (χ1n) is 13.2. The highest BCUT2D eigenvalue weighted by atomic mass is 16.5. The summed E-state index contributed by atoms with van der Waals surface area (Å²) in [6.07, 6.45) is 2.96. The Hall–Kier alpha value is -1.26. The molecule has 216 valence electrons. The minimum atomic E-state index is 0. The fraction of sp³-hybridized carbons (Fsp3) is 0.920. The maximum absolute atomic E-state index is 11.4. The lowest BCUT2D eigenvalue weighted by molar-refractivity contribution is -0.122. The fourth-order valence-electron chi connectivity index (χ4n) is 2.65. The zero-order chi connectivity index (χ0) is 26.0. The summed E-state index contributed by atoms with van der Waals surface area (Å²) in [5, 5.41) is 18.8. The molecule has 0 atom stereocenters. The molecule has 6 N–H and O–H groups in total. The fourth-order valence-corrected chi connectivity index (χ4v) is 2.65. The van der Waals surface area contributed by atoms with Gasteiger partial charge >= 0.3 is 0 Å². The van der Waals surface area contributed by atoms with Crippen molar-refractivity contribution in [1.82, 2.24) is 31.9 Å². The number of hydrogen-bond acceptors (Lipinski definition) is 7. The molecule has 0 aromatic rings. The largest absolute Gasteiger partial charge is 0.380 e. The second kappa shape index (κ2) is 26.3. The average molecular weight is 501 g/mol. The second-order valence-electron chi connectivity index (χ2n) is 9.20. The molecule has 2 amide bonds. The second-order valence-corrected chi connectivity index (χ2v) is 9.20. The zero-order valence-corrected chi connectivity index (χ0v) is 23.1. The van der Waals surface area contributed by atoms with Crippen molar-refractivity contribution >= 4 is 11.8 Å². The molecule has 0 saturated heterocycles. The van der Waals surface area contributed by atoms with E-state index in [0.29, 0.717) is 44.2 Å². The Kier molecular flexibility index (Phi) is 27.0. The third-order valence-corrected chi connectivity index (χ3v) is 4.51. The van der Waals surface area contributed by atoms with Gasteiger partial charge in [-0.1, -0.05) is 48.5 Å². The van der Waals surface area contributed by atoms with Crippen LogP contribution < -0.4 is 31.9 Å². The van der Waals surface area contributed by atoms with Gasteiger partial charge in [-0.15, -0.1) is 0 Å². The molecule has 34 heavy (non-hydrogen) atoms. The standard InChI is InChI=1S/C13H29N3O2.C12H27N3O.6H2/c1-4-14-9-11-18-10-6-13(17)16-8-5-7-15-12(2)3;1-10(2)13-7-5-8-15-12(16)6-9-14-11(3)4;;;;;;/h12,14-15H,4-11H2,1-3H3,(H,16,17);10-11,13-14H,5-9H2,1-4H3,(H,15,16);6*1H. The topological polar surface area (TPSA) is 116 Å². The average Bonchev–Trinajstić information content (AvgIpc) is 2.75. The maximum Gasteiger partial charge on any atom is 0.222 e. The summed E-state index contributed by atoms with van der Waals surface area (Å²) >= 11 is 0. The molecule has 0 aliphatic heterocycles. The van der Waals surface area contributed by atoms with Gasteiger partial charge in [0, 0.05) is 65.7 Å². The molecule has 0 aliphatic carbocycles. The van der Waals surface area contributed by atoms with Gasteiger partial charge in [-0.05, 0) is 32.5 Å². The van der Waals surface area contributed by atoms with Crippen LogP contribution in [0.5, 0.6) is 0 Å². The van der Waals surface area contributed by atoms with Crippen LogP contribution in [0, 0.1) is 0 Å². The Morgan fingerprint density at radius 2 is 1.12 bits per heavy atom. The summed E-state index contributed by atoms with van der Waals surface area (Å²) < 4.78 is 5.33. The van der Waals surface area contributed by atoms with Crippen molar-refractivity contribution in [3.63, 3.8) is 0 Å². The molecule has 0 saturated carbocycles. The van der Waals surface area contributed by atoms with Gasteiger partial charge in [0.15, 0.2) is 0 Å². The summed E-state index contributed by atoms with van der Waals surface area (Å²) in [5.41, 5.74) is 0. The first-order chi connectivity index (χ1) is 16.2. The molecule has 0 fully saturated rings. The number of carbonyl (C=O) groups is 2. The van der Waals surface area contributed by atoms with Crippen LogP contribution in [0.3, 0.4) is 0 Å². The van der Waals surface area contributed by atoms with Crippen LogP contribution in [-0.4, -0.2) is 89.0 Å². The van der Waals surface area contributed by atoms with Gasteiger partial charge in [-0.2, -0.15) is 0 Å². The first-order valence-corrected chi connectivity index (χ1v) is 13.2. The van der Waals surface area contributed by atoms with Gasteiger partial charge < -0.3 is 36.6 Å². The van der Waals surface area contributed by atoms with Crippen LogP contribution in [0.15, 0.2) is 0 Å². The molecule has 0 rings (SSSR count). The van der Waals surface area contributed by atoms with E-state index < -0.39 is 0 Å². The number of hydrogen-bond donors (Lipinski definition) is 6. The van der Waals surface area contributed by atoms with E-state index >= 15 is 0 Å². The monoisotopic (exact) mass is 501 g/mol. The zero-order valence-electron chi connectivity index (χ0n) is 23.1. The summed E-state index contributed by atoms with van der Waals surface area (Å²) in [6, 6.07) is 1.47. The SMILES string of the molecule is CC(C)NCCCNC(=O)CCNC(C)C.CCNCCOCCC(=O)NCCCNC(C)C.[HH].[HH].[HH].[HH].[HH].[HH]. The van der Waals surface area contributed by atoms with Crippen LogP contribution in [-0.2, 0) is 14.3 Å². The predicted molar refractivity (Wildman–Crippen MR) is 156 cm³/mol. The van der Waals surface area contributed by atoms with E-state index in [1.165, 1.54) is 0 Å². The van der Waals surface area contributed by atoms with Crippen molar-refractivity contribution in [2.24, 2.45) is 0 Å². The molecule has 0 heterocycles. The Morgan fingerprint density at radius 1 is 0.647 bits per heavy atom. The maximum atomic E-state index is 11.4. The van der Waals surface area contributed by atoms with Gasteiger partial charge in [0.25, 0.3) is 0 Å². The van der Waals surface area contributed by atoms with E-state index in [0.717, 1.165) is 58.7 Å². The Balaban J connectivity index is -0.0000000745. The van der Waals surface area contributed by atoms with Crippen molar-refractivity contribution in [1.29, 1.82) is 0 Å². The minimum Gasteiger partial charge on any atom is -0.380 e. The van der Waals surface area contributed by atoms with E-state index in [-0.39, 0.29) is 20.4 Å². The van der Waals surface area contributed by atoms with Gasteiger partial charge in [0.2, 0.25) is 11.8 Å². The summed E-state index contributed by atoms with van der Waals surface area (Å²) in [5.74, 6) is 0.209. The van der Waals surface area contributed by atoms with Crippen molar-refractivity contribution in [3.05, 3.63) is 0 Å². The highest BCUT2D eigenvalue weighted by Crippen LogP contribution is 1.85. The highest BCUT2D eigenvalue weighted by molar-refractivity contribution is 5.76. The van der Waals surface area contributed by atoms with Crippen LogP contribution in [0.25, 0.3) is 0 Å². The normalized spacial score (nSPS) is 11.0.